The van der Waals surface area contributed by atoms with Gasteiger partial charge in [0.15, 0.2) is 5.75 Å². The van der Waals surface area contributed by atoms with Gasteiger partial charge in [0.1, 0.15) is 5.75 Å². The third-order valence-electron chi connectivity index (χ3n) is 4.07. The Bertz CT molecular complexity index is 883. The van der Waals surface area contributed by atoms with Gasteiger partial charge in [0.25, 0.3) is 0 Å². The van der Waals surface area contributed by atoms with Gasteiger partial charge in [0, 0.05) is 12.2 Å². The van der Waals surface area contributed by atoms with Crippen LogP contribution in [0.25, 0.3) is 0 Å². The van der Waals surface area contributed by atoms with Gasteiger partial charge in [-0.3, -0.25) is 4.79 Å². The lowest BCUT2D eigenvalue weighted by Gasteiger charge is -2.25. The molecule has 3 rings (SSSR count). The molecule has 0 bridgehead atoms. The van der Waals surface area contributed by atoms with Crippen molar-refractivity contribution in [2.24, 2.45) is 0 Å². The van der Waals surface area contributed by atoms with Crippen LogP contribution in [-0.4, -0.2) is 30.2 Å². The summed E-state index contributed by atoms with van der Waals surface area (Å²) in [6, 6.07) is 26.3. The lowest BCUT2D eigenvalue weighted by molar-refractivity contribution is -0.115. The molecule has 1 atom stereocenters. The number of nitrogens with zero attached hydrogens (tertiary/aromatic N) is 1. The zero-order valence-electron chi connectivity index (χ0n) is 15.8. The van der Waals surface area contributed by atoms with Gasteiger partial charge in [-0.1, -0.05) is 48.5 Å². The molecule has 0 saturated carbocycles. The Kier molecular flexibility index (Phi) is 6.65. The molecule has 0 radical (unpaired) electrons. The normalized spacial score (nSPS) is 11.5. The Morgan fingerprint density at radius 3 is 2.25 bits per heavy atom. The van der Waals surface area contributed by atoms with Crippen molar-refractivity contribution >= 4 is 17.3 Å². The highest BCUT2D eigenvalue weighted by Gasteiger charge is 2.15. The van der Waals surface area contributed by atoms with Crippen LogP contribution in [0.5, 0.6) is 11.5 Å². The van der Waals surface area contributed by atoms with E-state index >= 15 is 0 Å². The van der Waals surface area contributed by atoms with Gasteiger partial charge in [-0.2, -0.15) is 0 Å². The molecule has 0 spiro atoms. The summed E-state index contributed by atoms with van der Waals surface area (Å²) in [5.74, 6) is 1.08. The second-order valence-electron chi connectivity index (χ2n) is 6.52. The first-order chi connectivity index (χ1) is 13.6. The van der Waals surface area contributed by atoms with E-state index in [0.717, 1.165) is 5.69 Å². The number of para-hydroxylation sites is 4. The molecule has 3 aromatic rings. The quantitative estimate of drug-likeness (QED) is 0.615. The Hall–Kier alpha value is -3.31. The number of rotatable bonds is 8. The summed E-state index contributed by atoms with van der Waals surface area (Å²) in [7, 11) is 0. The minimum Gasteiger partial charge on any atom is -0.455 e. The average molecular weight is 376 g/mol. The lowest BCUT2D eigenvalue weighted by Crippen LogP contribution is -2.37. The number of amides is 1. The molecule has 0 aliphatic heterocycles. The minimum atomic E-state index is -0.554. The van der Waals surface area contributed by atoms with E-state index < -0.39 is 6.10 Å². The summed E-state index contributed by atoms with van der Waals surface area (Å²) in [5.41, 5.74) is 1.48. The first-order valence-electron chi connectivity index (χ1n) is 9.21. The number of carbonyl (C=O) groups is 1. The Morgan fingerprint density at radius 1 is 0.964 bits per heavy atom. The maximum Gasteiger partial charge on any atom is 0.243 e. The van der Waals surface area contributed by atoms with E-state index in [1.54, 1.807) is 13.0 Å². The third kappa shape index (κ3) is 5.59. The largest absolute Gasteiger partial charge is 0.455 e. The fraction of sp³-hybridized carbons (Fsp3) is 0.174. The molecule has 0 fully saturated rings. The first-order valence-corrected chi connectivity index (χ1v) is 9.21. The molecular formula is C23H24N2O3. The third-order valence-corrected chi connectivity index (χ3v) is 4.07. The fourth-order valence-electron chi connectivity index (χ4n) is 2.86. The highest BCUT2D eigenvalue weighted by Crippen LogP contribution is 2.29. The molecule has 144 valence electrons. The van der Waals surface area contributed by atoms with Crippen LogP contribution in [0.4, 0.5) is 11.4 Å². The van der Waals surface area contributed by atoms with Crippen LogP contribution in [0.3, 0.4) is 0 Å². The van der Waals surface area contributed by atoms with E-state index in [1.807, 2.05) is 83.8 Å². The van der Waals surface area contributed by atoms with Crippen molar-refractivity contribution in [3.8, 4) is 11.5 Å². The van der Waals surface area contributed by atoms with Gasteiger partial charge in [0.2, 0.25) is 5.91 Å². The molecule has 0 aliphatic carbocycles. The molecule has 0 heterocycles. The van der Waals surface area contributed by atoms with Crippen molar-refractivity contribution in [3.63, 3.8) is 0 Å². The molecule has 2 N–H and O–H groups in total. The van der Waals surface area contributed by atoms with Crippen LogP contribution >= 0.6 is 0 Å². The zero-order chi connectivity index (χ0) is 19.8. The highest BCUT2D eigenvalue weighted by molar-refractivity contribution is 5.95. The molecule has 3 aromatic carbocycles. The number of aliphatic hydroxyl groups excluding tert-OH is 1. The first kappa shape index (κ1) is 19.5. The molecule has 28 heavy (non-hydrogen) atoms. The molecular weight excluding hydrogens is 352 g/mol. The van der Waals surface area contributed by atoms with Crippen molar-refractivity contribution in [1.29, 1.82) is 0 Å². The average Bonchev–Trinajstić information content (AvgIpc) is 2.70. The van der Waals surface area contributed by atoms with Gasteiger partial charge < -0.3 is 20.1 Å². The van der Waals surface area contributed by atoms with E-state index in [1.165, 1.54) is 0 Å². The second kappa shape index (κ2) is 9.58. The number of anilines is 2. The van der Waals surface area contributed by atoms with Gasteiger partial charge in [-0.05, 0) is 43.3 Å². The molecule has 0 saturated heterocycles. The summed E-state index contributed by atoms with van der Waals surface area (Å²) in [6.07, 6.45) is -0.554. The Morgan fingerprint density at radius 2 is 1.57 bits per heavy atom. The summed E-state index contributed by atoms with van der Waals surface area (Å²) in [6.45, 7) is 2.19. The van der Waals surface area contributed by atoms with Crippen LogP contribution in [-0.2, 0) is 4.79 Å². The van der Waals surface area contributed by atoms with E-state index in [-0.39, 0.29) is 12.5 Å². The predicted octanol–water partition coefficient (Wildman–Crippen LogP) is 4.30. The predicted molar refractivity (Wildman–Crippen MR) is 112 cm³/mol. The van der Waals surface area contributed by atoms with E-state index in [2.05, 4.69) is 5.32 Å². The maximum absolute atomic E-state index is 12.7. The van der Waals surface area contributed by atoms with Gasteiger partial charge in [-0.25, -0.2) is 0 Å². The number of hydrogen-bond donors (Lipinski definition) is 2. The van der Waals surface area contributed by atoms with Gasteiger partial charge >= 0.3 is 0 Å². The highest BCUT2D eigenvalue weighted by atomic mass is 16.5. The number of benzene rings is 3. The van der Waals surface area contributed by atoms with Crippen LogP contribution < -0.4 is 15.0 Å². The monoisotopic (exact) mass is 376 g/mol. The van der Waals surface area contributed by atoms with E-state index in [9.17, 15) is 9.90 Å². The molecule has 0 aromatic heterocycles. The smallest absolute Gasteiger partial charge is 0.243 e. The minimum absolute atomic E-state index is 0.120. The van der Waals surface area contributed by atoms with Crippen molar-refractivity contribution in [1.82, 2.24) is 0 Å². The van der Waals surface area contributed by atoms with E-state index in [4.69, 9.17) is 4.74 Å². The summed E-state index contributed by atoms with van der Waals surface area (Å²) in [5, 5.41) is 12.7. The van der Waals surface area contributed by atoms with Crippen molar-refractivity contribution < 1.29 is 14.6 Å². The molecule has 1 amide bonds. The van der Waals surface area contributed by atoms with Crippen LogP contribution in [0, 0.1) is 0 Å². The Labute approximate surface area is 165 Å². The topological polar surface area (TPSA) is 61.8 Å². The Balaban J connectivity index is 1.71. The lowest BCUT2D eigenvalue weighted by atomic mass is 10.2. The van der Waals surface area contributed by atoms with Crippen molar-refractivity contribution in [2.45, 2.75) is 13.0 Å². The second-order valence-corrected chi connectivity index (χ2v) is 6.52. The standard InChI is InChI=1S/C23H24N2O3/c1-18(26)16-25(19-10-4-2-5-11-19)17-23(27)24-21-14-8-9-15-22(21)28-20-12-6-3-7-13-20/h2-15,18,26H,16-17H2,1H3,(H,24,27). The van der Waals surface area contributed by atoms with Crippen molar-refractivity contribution in [3.05, 3.63) is 84.9 Å². The summed E-state index contributed by atoms with van der Waals surface area (Å²) >= 11 is 0. The fourth-order valence-corrected chi connectivity index (χ4v) is 2.86. The SMILES string of the molecule is CC(O)CN(CC(=O)Nc1ccccc1Oc1ccccc1)c1ccccc1. The van der Waals surface area contributed by atoms with Crippen molar-refractivity contribution in [2.75, 3.05) is 23.3 Å². The maximum atomic E-state index is 12.7. The summed E-state index contributed by atoms with van der Waals surface area (Å²) < 4.78 is 5.90. The molecule has 0 aliphatic rings. The van der Waals surface area contributed by atoms with Crippen LogP contribution in [0.2, 0.25) is 0 Å². The molecule has 5 heteroatoms. The van der Waals surface area contributed by atoms with Crippen LogP contribution in [0.1, 0.15) is 6.92 Å². The number of nitrogens with one attached hydrogen (secondary N) is 1. The van der Waals surface area contributed by atoms with Gasteiger partial charge in [0.05, 0.1) is 18.3 Å². The van der Waals surface area contributed by atoms with Crippen LogP contribution in [0.15, 0.2) is 84.9 Å². The number of carbonyl (C=O) groups excluding carboxylic acids is 1. The number of ether oxygens (including phenoxy) is 1. The van der Waals surface area contributed by atoms with E-state index in [0.29, 0.717) is 23.7 Å². The molecule has 1 unspecified atom stereocenters. The van der Waals surface area contributed by atoms with Gasteiger partial charge in [-0.15, -0.1) is 0 Å². The number of hydrogen-bond acceptors (Lipinski definition) is 4. The number of aliphatic hydroxyl groups is 1. The zero-order valence-corrected chi connectivity index (χ0v) is 15.8. The summed E-state index contributed by atoms with van der Waals surface area (Å²) in [4.78, 5) is 14.5. The molecule has 5 nitrogen and oxygen atoms in total.